The number of hydrogen-bond acceptors (Lipinski definition) is 3. The third-order valence-electron chi connectivity index (χ3n) is 4.31. The molecule has 0 bridgehead atoms. The quantitative estimate of drug-likeness (QED) is 0.489. The van der Waals surface area contributed by atoms with E-state index in [2.05, 4.69) is 26.2 Å². The van der Waals surface area contributed by atoms with Gasteiger partial charge in [0, 0.05) is 40.1 Å². The van der Waals surface area contributed by atoms with Crippen LogP contribution in [-0.2, 0) is 11.2 Å². The van der Waals surface area contributed by atoms with Gasteiger partial charge >= 0.3 is 5.97 Å². The van der Waals surface area contributed by atoms with Crippen LogP contribution < -0.4 is 5.32 Å². The number of hydrogen-bond donors (Lipinski definition) is 3. The van der Waals surface area contributed by atoms with Crippen molar-refractivity contribution in [2.24, 2.45) is 0 Å². The molecule has 0 amide bonds. The number of benzene rings is 2. The van der Waals surface area contributed by atoms with Crippen molar-refractivity contribution in [1.29, 1.82) is 0 Å². The van der Waals surface area contributed by atoms with Crippen LogP contribution in [0, 0.1) is 0 Å². The first-order chi connectivity index (χ1) is 12.5. The minimum atomic E-state index is -1.02. The van der Waals surface area contributed by atoms with Crippen LogP contribution in [0.2, 0.25) is 0 Å². The zero-order valence-electron chi connectivity index (χ0n) is 14.0. The fourth-order valence-electron chi connectivity index (χ4n) is 2.91. The Morgan fingerprint density at radius 2 is 1.85 bits per heavy atom. The van der Waals surface area contributed by atoms with Gasteiger partial charge in [-0.1, -0.05) is 46.3 Å². The van der Waals surface area contributed by atoms with E-state index in [1.165, 1.54) is 0 Å². The molecule has 26 heavy (non-hydrogen) atoms. The molecule has 3 N–H and O–H groups in total. The standard InChI is InChI=1S/C20H19BrN2O3/c21-15-7-5-13(6-8-15)19(24)11-18(20(25)26)22-10-9-14-12-23-17-4-2-1-3-16(14)17/h1-8,12,18,22-23H,9-11H2,(H,25,26). The molecule has 3 aromatic rings. The van der Waals surface area contributed by atoms with Gasteiger partial charge in [-0.25, -0.2) is 0 Å². The molecule has 0 spiro atoms. The topological polar surface area (TPSA) is 82.2 Å². The number of aromatic nitrogens is 1. The number of nitrogens with one attached hydrogen (secondary N) is 2. The Balaban J connectivity index is 1.59. The summed E-state index contributed by atoms with van der Waals surface area (Å²) in [5.74, 6) is -1.21. The second kappa shape index (κ2) is 8.29. The Bertz CT molecular complexity index is 918. The lowest BCUT2D eigenvalue weighted by Gasteiger charge is -2.13. The maximum Gasteiger partial charge on any atom is 0.321 e. The Kier molecular flexibility index (Phi) is 5.85. The van der Waals surface area contributed by atoms with Gasteiger partial charge in [-0.3, -0.25) is 9.59 Å². The molecule has 3 rings (SSSR count). The van der Waals surface area contributed by atoms with Crippen molar-refractivity contribution < 1.29 is 14.7 Å². The second-order valence-corrected chi connectivity index (χ2v) is 7.00. The molecular formula is C20H19BrN2O3. The zero-order valence-corrected chi connectivity index (χ0v) is 15.6. The van der Waals surface area contributed by atoms with Gasteiger partial charge in [0.15, 0.2) is 5.78 Å². The normalized spacial score (nSPS) is 12.2. The van der Waals surface area contributed by atoms with Crippen LogP contribution in [0.25, 0.3) is 10.9 Å². The molecule has 2 aromatic carbocycles. The zero-order chi connectivity index (χ0) is 18.5. The van der Waals surface area contributed by atoms with Crippen molar-refractivity contribution in [3.05, 3.63) is 70.3 Å². The third-order valence-corrected chi connectivity index (χ3v) is 4.84. The fourth-order valence-corrected chi connectivity index (χ4v) is 3.17. The average molecular weight is 415 g/mol. The number of para-hydroxylation sites is 1. The van der Waals surface area contributed by atoms with Crippen LogP contribution in [0.3, 0.4) is 0 Å². The molecule has 0 aliphatic heterocycles. The summed E-state index contributed by atoms with van der Waals surface area (Å²) < 4.78 is 0.876. The van der Waals surface area contributed by atoms with Crippen LogP contribution >= 0.6 is 15.9 Å². The van der Waals surface area contributed by atoms with E-state index in [0.717, 1.165) is 20.9 Å². The van der Waals surface area contributed by atoms with E-state index in [9.17, 15) is 14.7 Å². The van der Waals surface area contributed by atoms with Crippen molar-refractivity contribution in [2.45, 2.75) is 18.9 Å². The highest BCUT2D eigenvalue weighted by Crippen LogP contribution is 2.18. The fraction of sp³-hybridized carbons (Fsp3) is 0.200. The van der Waals surface area contributed by atoms with Crippen molar-refractivity contribution in [1.82, 2.24) is 10.3 Å². The van der Waals surface area contributed by atoms with E-state index in [-0.39, 0.29) is 12.2 Å². The molecule has 0 aliphatic carbocycles. The number of fused-ring (bicyclic) bond motifs is 1. The SMILES string of the molecule is O=C(CC(NCCc1c[nH]c2ccccc12)C(=O)O)c1ccc(Br)cc1. The van der Waals surface area contributed by atoms with E-state index in [0.29, 0.717) is 18.5 Å². The summed E-state index contributed by atoms with van der Waals surface area (Å²) in [6, 6.07) is 14.0. The number of rotatable bonds is 8. The number of aromatic amines is 1. The summed E-state index contributed by atoms with van der Waals surface area (Å²) in [6.45, 7) is 0.479. The van der Waals surface area contributed by atoms with Crippen molar-refractivity contribution in [2.75, 3.05) is 6.54 Å². The largest absolute Gasteiger partial charge is 0.480 e. The Hall–Kier alpha value is -2.44. The van der Waals surface area contributed by atoms with Crippen molar-refractivity contribution in [3.8, 4) is 0 Å². The molecule has 1 atom stereocenters. The maximum atomic E-state index is 12.3. The summed E-state index contributed by atoms with van der Waals surface area (Å²) in [5, 5.41) is 13.5. The highest BCUT2D eigenvalue weighted by molar-refractivity contribution is 9.10. The Morgan fingerprint density at radius 3 is 2.58 bits per heavy atom. The summed E-state index contributed by atoms with van der Waals surface area (Å²) in [6.07, 6.45) is 2.54. The van der Waals surface area contributed by atoms with Gasteiger partial charge < -0.3 is 15.4 Å². The molecule has 1 heterocycles. The number of aliphatic carboxylic acids is 1. The molecule has 1 aromatic heterocycles. The van der Waals surface area contributed by atoms with E-state index in [1.807, 2.05) is 30.5 Å². The van der Waals surface area contributed by atoms with Gasteiger partial charge in [0.2, 0.25) is 0 Å². The van der Waals surface area contributed by atoms with Crippen LogP contribution in [0.4, 0.5) is 0 Å². The predicted octanol–water partition coefficient (Wildman–Crippen LogP) is 3.79. The molecule has 0 saturated heterocycles. The van der Waals surface area contributed by atoms with Gasteiger partial charge in [0.25, 0.3) is 0 Å². The second-order valence-electron chi connectivity index (χ2n) is 6.09. The molecule has 0 radical (unpaired) electrons. The minimum absolute atomic E-state index is 0.0785. The van der Waals surface area contributed by atoms with Crippen molar-refractivity contribution in [3.63, 3.8) is 0 Å². The van der Waals surface area contributed by atoms with Crippen LogP contribution in [0.1, 0.15) is 22.3 Å². The Morgan fingerprint density at radius 1 is 1.12 bits per heavy atom. The molecule has 1 unspecified atom stereocenters. The van der Waals surface area contributed by atoms with E-state index in [4.69, 9.17) is 0 Å². The molecule has 5 nitrogen and oxygen atoms in total. The molecule has 6 heteroatoms. The molecule has 0 saturated carbocycles. The Labute approximate surface area is 159 Å². The predicted molar refractivity (Wildman–Crippen MR) is 105 cm³/mol. The number of ketones is 1. The number of Topliss-reactive ketones (excluding diaryl/α,β-unsaturated/α-hetero) is 1. The first kappa shape index (κ1) is 18.4. The summed E-state index contributed by atoms with van der Waals surface area (Å²) in [5.41, 5.74) is 2.69. The van der Waals surface area contributed by atoms with Gasteiger partial charge in [0.05, 0.1) is 0 Å². The maximum absolute atomic E-state index is 12.3. The molecular weight excluding hydrogens is 396 g/mol. The first-order valence-corrected chi connectivity index (χ1v) is 9.14. The van der Waals surface area contributed by atoms with Crippen molar-refractivity contribution >= 4 is 38.6 Å². The van der Waals surface area contributed by atoms with Gasteiger partial charge in [-0.2, -0.15) is 0 Å². The summed E-state index contributed by atoms with van der Waals surface area (Å²) in [4.78, 5) is 27.0. The van der Waals surface area contributed by atoms with E-state index < -0.39 is 12.0 Å². The third kappa shape index (κ3) is 4.39. The lowest BCUT2D eigenvalue weighted by atomic mass is 10.0. The average Bonchev–Trinajstić information content (AvgIpc) is 3.04. The summed E-state index contributed by atoms with van der Waals surface area (Å²) in [7, 11) is 0. The minimum Gasteiger partial charge on any atom is -0.480 e. The lowest BCUT2D eigenvalue weighted by molar-refractivity contribution is -0.139. The number of carboxylic acid groups (broad SMARTS) is 1. The molecule has 0 aliphatic rings. The molecule has 0 fully saturated rings. The van der Waals surface area contributed by atoms with Gasteiger partial charge in [0.1, 0.15) is 6.04 Å². The highest BCUT2D eigenvalue weighted by Gasteiger charge is 2.21. The number of H-pyrrole nitrogens is 1. The number of halogens is 1. The van der Waals surface area contributed by atoms with Crippen LogP contribution in [0.15, 0.2) is 59.2 Å². The number of carbonyl (C=O) groups is 2. The first-order valence-electron chi connectivity index (χ1n) is 8.34. The van der Waals surface area contributed by atoms with Crippen LogP contribution in [-0.4, -0.2) is 34.4 Å². The summed E-state index contributed by atoms with van der Waals surface area (Å²) >= 11 is 3.32. The van der Waals surface area contributed by atoms with Crippen LogP contribution in [0.5, 0.6) is 0 Å². The lowest BCUT2D eigenvalue weighted by Crippen LogP contribution is -2.39. The van der Waals surface area contributed by atoms with E-state index in [1.54, 1.807) is 24.3 Å². The monoisotopic (exact) mass is 414 g/mol. The number of carbonyl (C=O) groups excluding carboxylic acids is 1. The smallest absolute Gasteiger partial charge is 0.321 e. The molecule has 134 valence electrons. The van der Waals surface area contributed by atoms with Gasteiger partial charge in [-0.15, -0.1) is 0 Å². The van der Waals surface area contributed by atoms with Gasteiger partial charge in [-0.05, 0) is 30.2 Å². The highest BCUT2D eigenvalue weighted by atomic mass is 79.9. The number of carboxylic acids is 1. The van der Waals surface area contributed by atoms with E-state index >= 15 is 0 Å².